The average Bonchev–Trinajstić information content (AvgIpc) is 3.43. The quantitative estimate of drug-likeness (QED) is 0.134. The number of hydrogen-bond donors (Lipinski definition) is 3. The second-order valence-electron chi connectivity index (χ2n) is 10.0. The lowest BCUT2D eigenvalue weighted by Crippen LogP contribution is -2.35. The van der Waals surface area contributed by atoms with Gasteiger partial charge in [0.05, 0.1) is 27.4 Å². The van der Waals surface area contributed by atoms with Crippen LogP contribution >= 0.6 is 35.0 Å². The molecule has 4 aromatic rings. The highest BCUT2D eigenvalue weighted by Gasteiger charge is 2.27. The van der Waals surface area contributed by atoms with Crippen molar-refractivity contribution in [2.45, 2.75) is 23.5 Å². The number of nitrogens with zero attached hydrogens (tertiary/aromatic N) is 2. The number of benzene rings is 4. The molecular weight excluding hydrogens is 645 g/mol. The highest BCUT2D eigenvalue weighted by molar-refractivity contribution is 8.00. The second kappa shape index (κ2) is 14.9. The first kappa shape index (κ1) is 32.5. The number of thioether (sulfide) groups is 1. The van der Waals surface area contributed by atoms with E-state index >= 15 is 0 Å². The third-order valence-electron chi connectivity index (χ3n) is 6.63. The van der Waals surface area contributed by atoms with E-state index in [-0.39, 0.29) is 34.8 Å². The number of hydrazone groups is 1. The summed E-state index contributed by atoms with van der Waals surface area (Å²) in [6.45, 7) is 1.73. The maximum absolute atomic E-state index is 13.5. The molecule has 1 heterocycles. The van der Waals surface area contributed by atoms with Gasteiger partial charge < -0.3 is 16.0 Å². The van der Waals surface area contributed by atoms with Crippen LogP contribution in [0.25, 0.3) is 6.08 Å². The Morgan fingerprint density at radius 2 is 1.59 bits per heavy atom. The number of halogens is 2. The summed E-state index contributed by atoms with van der Waals surface area (Å²) < 4.78 is 0. The van der Waals surface area contributed by atoms with Gasteiger partial charge in [0.2, 0.25) is 5.91 Å². The van der Waals surface area contributed by atoms with Gasteiger partial charge in [-0.05, 0) is 67.1 Å². The number of nitrogens with one attached hydrogen (secondary N) is 3. The van der Waals surface area contributed by atoms with Crippen LogP contribution in [0.15, 0.2) is 119 Å². The Labute approximate surface area is 279 Å². The van der Waals surface area contributed by atoms with Gasteiger partial charge in [-0.2, -0.15) is 10.1 Å². The van der Waals surface area contributed by atoms with E-state index < -0.39 is 17.1 Å². The van der Waals surface area contributed by atoms with E-state index in [2.05, 4.69) is 21.1 Å². The van der Waals surface area contributed by atoms with E-state index in [0.717, 1.165) is 0 Å². The molecule has 0 spiro atoms. The van der Waals surface area contributed by atoms with Crippen LogP contribution in [0.3, 0.4) is 0 Å². The topological polar surface area (TPSA) is 120 Å². The number of rotatable bonds is 9. The molecule has 3 N–H and O–H groups in total. The Balaban J connectivity index is 1.27. The predicted octanol–water partition coefficient (Wildman–Crippen LogP) is 6.75. The van der Waals surface area contributed by atoms with E-state index in [4.69, 9.17) is 23.2 Å². The third kappa shape index (κ3) is 8.22. The van der Waals surface area contributed by atoms with Crippen LogP contribution in [0.5, 0.6) is 0 Å². The van der Waals surface area contributed by atoms with Crippen molar-refractivity contribution < 1.29 is 19.2 Å². The molecule has 4 amide bonds. The Kier molecular flexibility index (Phi) is 10.5. The number of para-hydroxylation sites is 1. The van der Waals surface area contributed by atoms with Crippen LogP contribution in [-0.2, 0) is 14.4 Å². The lowest BCUT2D eigenvalue weighted by molar-refractivity contribution is -0.119. The van der Waals surface area contributed by atoms with Crippen LogP contribution < -0.4 is 21.0 Å². The first-order valence-electron chi connectivity index (χ1n) is 14.0. The first-order chi connectivity index (χ1) is 22.2. The van der Waals surface area contributed by atoms with E-state index in [1.54, 1.807) is 104 Å². The average molecular weight is 673 g/mol. The molecule has 0 radical (unpaired) electrons. The summed E-state index contributed by atoms with van der Waals surface area (Å²) in [7, 11) is 0. The maximum Gasteiger partial charge on any atom is 0.272 e. The zero-order valence-electron chi connectivity index (χ0n) is 24.4. The lowest BCUT2D eigenvalue weighted by Gasteiger charge is -2.14. The maximum atomic E-state index is 13.5. The smallest absolute Gasteiger partial charge is 0.272 e. The molecule has 46 heavy (non-hydrogen) atoms. The van der Waals surface area contributed by atoms with Gasteiger partial charge >= 0.3 is 0 Å². The summed E-state index contributed by atoms with van der Waals surface area (Å²) in [6, 6.07) is 29.4. The molecule has 5 rings (SSSR count). The highest BCUT2D eigenvalue weighted by Crippen LogP contribution is 2.29. The van der Waals surface area contributed by atoms with Crippen molar-refractivity contribution in [2.24, 2.45) is 5.10 Å². The summed E-state index contributed by atoms with van der Waals surface area (Å²) in [5.41, 5.74) is 1.80. The van der Waals surface area contributed by atoms with Crippen molar-refractivity contribution in [3.8, 4) is 0 Å². The van der Waals surface area contributed by atoms with E-state index in [9.17, 15) is 19.2 Å². The number of carbonyl (C=O) groups excluding carboxylic acids is 4. The number of amides is 4. The van der Waals surface area contributed by atoms with Gasteiger partial charge in [-0.15, -0.1) is 11.8 Å². The van der Waals surface area contributed by atoms with Crippen molar-refractivity contribution in [1.82, 2.24) is 10.6 Å². The number of amidine groups is 1. The molecule has 1 atom stereocenters. The van der Waals surface area contributed by atoms with Crippen molar-refractivity contribution in [2.75, 3.05) is 10.3 Å². The van der Waals surface area contributed by atoms with Gasteiger partial charge in [0.25, 0.3) is 17.7 Å². The zero-order valence-corrected chi connectivity index (χ0v) is 26.7. The molecule has 0 saturated heterocycles. The molecular formula is C34H27Cl2N5O4S. The SMILES string of the molecule is CC(Sc1cccc(NC(=O)/C(=C\c2cccc(Cl)c2Cl)NC(=O)c2ccccc2)c1)C(=O)NC1=NN(c2ccccc2)C(=O)C1. The molecule has 232 valence electrons. The standard InChI is InChI=1S/C34H27Cl2N5O4S/c1-21(32(43)39-29-20-30(42)41(40-29)25-14-6-3-7-15-25)46-26-16-9-13-24(19-26)37-34(45)28(18-23-12-8-17-27(35)31(23)36)38-33(44)22-10-4-2-5-11-22/h2-19,21H,20H2,1H3,(H,37,45)(H,38,44)(H,39,40,43)/b28-18+. The van der Waals surface area contributed by atoms with Crippen LogP contribution in [0.1, 0.15) is 29.3 Å². The minimum Gasteiger partial charge on any atom is -0.321 e. The van der Waals surface area contributed by atoms with Crippen LogP contribution in [-0.4, -0.2) is 34.7 Å². The van der Waals surface area contributed by atoms with Crippen LogP contribution in [0.4, 0.5) is 11.4 Å². The molecule has 0 aromatic heterocycles. The number of hydrogen-bond acceptors (Lipinski definition) is 6. The molecule has 1 aliphatic rings. The van der Waals surface area contributed by atoms with Crippen LogP contribution in [0.2, 0.25) is 10.0 Å². The Bertz CT molecular complexity index is 1850. The Morgan fingerprint density at radius 1 is 0.891 bits per heavy atom. The molecule has 0 fully saturated rings. The summed E-state index contributed by atoms with van der Waals surface area (Å²) in [5.74, 6) is -1.38. The number of carbonyl (C=O) groups is 4. The van der Waals surface area contributed by atoms with Gasteiger partial charge in [-0.3, -0.25) is 19.2 Å². The minimum atomic E-state index is -0.597. The summed E-state index contributed by atoms with van der Waals surface area (Å²) >= 11 is 13.8. The summed E-state index contributed by atoms with van der Waals surface area (Å²) in [6.07, 6.45) is 1.43. The molecule has 9 nitrogen and oxygen atoms in total. The van der Waals surface area contributed by atoms with Gasteiger partial charge in [-0.25, -0.2) is 0 Å². The van der Waals surface area contributed by atoms with Gasteiger partial charge in [0.1, 0.15) is 11.5 Å². The highest BCUT2D eigenvalue weighted by atomic mass is 35.5. The Hall–Kier alpha value is -4.90. The molecule has 0 saturated carbocycles. The minimum absolute atomic E-state index is 0.0173. The normalized spacial score (nSPS) is 13.5. The van der Waals surface area contributed by atoms with Crippen molar-refractivity contribution in [3.05, 3.63) is 130 Å². The molecule has 0 aliphatic carbocycles. The van der Waals surface area contributed by atoms with Crippen molar-refractivity contribution in [1.29, 1.82) is 0 Å². The van der Waals surface area contributed by atoms with E-state index in [0.29, 0.717) is 32.4 Å². The Morgan fingerprint density at radius 3 is 2.33 bits per heavy atom. The van der Waals surface area contributed by atoms with Crippen molar-refractivity contribution >= 4 is 81.9 Å². The molecule has 1 unspecified atom stereocenters. The third-order valence-corrected chi connectivity index (χ3v) is 8.56. The zero-order chi connectivity index (χ0) is 32.6. The molecule has 1 aliphatic heterocycles. The first-order valence-corrected chi connectivity index (χ1v) is 15.7. The molecule has 12 heteroatoms. The van der Waals surface area contributed by atoms with Crippen molar-refractivity contribution in [3.63, 3.8) is 0 Å². The molecule has 0 bridgehead atoms. The second-order valence-corrected chi connectivity index (χ2v) is 12.2. The molecule has 4 aromatic carbocycles. The van der Waals surface area contributed by atoms with Crippen LogP contribution in [0, 0.1) is 0 Å². The number of anilines is 2. The van der Waals surface area contributed by atoms with Gasteiger partial charge in [-0.1, -0.05) is 77.8 Å². The predicted molar refractivity (Wildman–Crippen MR) is 183 cm³/mol. The summed E-state index contributed by atoms with van der Waals surface area (Å²) in [5, 5.41) is 13.7. The van der Waals surface area contributed by atoms with Gasteiger partial charge in [0, 0.05) is 16.1 Å². The van der Waals surface area contributed by atoms with E-state index in [1.165, 1.54) is 22.8 Å². The fraction of sp³-hybridized carbons (Fsp3) is 0.0882. The fourth-order valence-electron chi connectivity index (χ4n) is 4.35. The fourth-order valence-corrected chi connectivity index (χ4v) is 5.64. The summed E-state index contributed by atoms with van der Waals surface area (Å²) in [4.78, 5) is 52.6. The largest absolute Gasteiger partial charge is 0.321 e. The van der Waals surface area contributed by atoms with Gasteiger partial charge in [0.15, 0.2) is 0 Å². The van der Waals surface area contributed by atoms with E-state index in [1.807, 2.05) is 6.07 Å². The lowest BCUT2D eigenvalue weighted by atomic mass is 10.1. The monoisotopic (exact) mass is 671 g/mol.